The van der Waals surface area contributed by atoms with Crippen LogP contribution in [0.4, 0.5) is 0 Å². The lowest BCUT2D eigenvalue weighted by atomic mass is 9.53. The van der Waals surface area contributed by atoms with E-state index in [1.165, 1.54) is 19.3 Å². The van der Waals surface area contributed by atoms with Gasteiger partial charge in [-0.15, -0.1) is 0 Å². The summed E-state index contributed by atoms with van der Waals surface area (Å²) in [5.74, 6) is 3.00. The summed E-state index contributed by atoms with van der Waals surface area (Å²) in [5, 5.41) is 3.44. The van der Waals surface area contributed by atoms with Gasteiger partial charge in [0.25, 0.3) is 5.91 Å². The van der Waals surface area contributed by atoms with Crippen LogP contribution in [0, 0.1) is 17.8 Å². The minimum atomic E-state index is -0.0708. The molecular weight excluding hydrogens is 362 g/mol. The van der Waals surface area contributed by atoms with E-state index >= 15 is 0 Å². The molecule has 0 aliphatic heterocycles. The fourth-order valence-corrected chi connectivity index (χ4v) is 6.41. The molecule has 1 aromatic carbocycles. The Hall–Kier alpha value is -2.82. The van der Waals surface area contributed by atoms with Crippen molar-refractivity contribution in [2.45, 2.75) is 44.1 Å². The summed E-state index contributed by atoms with van der Waals surface area (Å²) in [6.45, 7) is 0. The molecule has 0 spiro atoms. The van der Waals surface area contributed by atoms with Gasteiger partial charge in [0, 0.05) is 11.7 Å². The van der Waals surface area contributed by atoms with Crippen LogP contribution in [0.1, 0.15) is 49.0 Å². The number of rotatable bonds is 4. The Bertz CT molecular complexity index is 1040. The third-order valence-electron chi connectivity index (χ3n) is 7.10. The number of fused-ring (bicyclic) bond motifs is 1. The molecule has 2 aromatic heterocycles. The monoisotopic (exact) mass is 387 g/mol. The van der Waals surface area contributed by atoms with Crippen LogP contribution in [0.2, 0.25) is 0 Å². The normalized spacial score (nSPS) is 29.9. The second-order valence-electron chi connectivity index (χ2n) is 9.27. The summed E-state index contributed by atoms with van der Waals surface area (Å²) >= 11 is 0. The van der Waals surface area contributed by atoms with Gasteiger partial charge in [0.15, 0.2) is 5.69 Å². The number of carbonyl (C=O) groups is 1. The van der Waals surface area contributed by atoms with Crippen LogP contribution in [0.3, 0.4) is 0 Å². The number of aromatic nitrogens is 2. The number of pyridine rings is 1. The molecule has 4 aliphatic rings. The van der Waals surface area contributed by atoms with E-state index in [0.29, 0.717) is 17.5 Å². The fourth-order valence-electron chi connectivity index (χ4n) is 6.41. The second kappa shape index (κ2) is 6.34. The first-order chi connectivity index (χ1) is 14.2. The number of nitrogens with one attached hydrogen (secondary N) is 1. The van der Waals surface area contributed by atoms with Crippen molar-refractivity contribution < 1.29 is 9.53 Å². The van der Waals surface area contributed by atoms with Crippen molar-refractivity contribution in [3.8, 4) is 11.8 Å². The number of benzene rings is 1. The zero-order valence-corrected chi connectivity index (χ0v) is 16.4. The van der Waals surface area contributed by atoms with E-state index < -0.39 is 0 Å². The van der Waals surface area contributed by atoms with E-state index in [9.17, 15) is 4.79 Å². The molecule has 0 atom stereocenters. The highest BCUT2D eigenvalue weighted by Gasteiger charge is 2.51. The Morgan fingerprint density at radius 2 is 1.62 bits per heavy atom. The molecule has 2 heterocycles. The van der Waals surface area contributed by atoms with E-state index in [1.54, 1.807) is 0 Å². The van der Waals surface area contributed by atoms with Crippen LogP contribution in [0.5, 0.6) is 11.8 Å². The van der Waals surface area contributed by atoms with Crippen molar-refractivity contribution >= 4 is 11.4 Å². The van der Waals surface area contributed by atoms with Gasteiger partial charge in [-0.25, -0.2) is 0 Å². The number of ether oxygens (including phenoxy) is 1. The maximum absolute atomic E-state index is 13.4. The highest BCUT2D eigenvalue weighted by atomic mass is 16.5. The summed E-state index contributed by atoms with van der Waals surface area (Å²) in [6, 6.07) is 15.8. The summed E-state index contributed by atoms with van der Waals surface area (Å²) in [7, 11) is 0. The lowest BCUT2D eigenvalue weighted by Gasteiger charge is -2.56. The summed E-state index contributed by atoms with van der Waals surface area (Å²) in [6.07, 6.45) is 9.35. The largest absolute Gasteiger partial charge is 0.425 e. The molecule has 4 fully saturated rings. The number of amides is 1. The highest BCUT2D eigenvalue weighted by Crippen LogP contribution is 2.55. The lowest BCUT2D eigenvalue weighted by molar-refractivity contribution is -0.0167. The van der Waals surface area contributed by atoms with E-state index in [-0.39, 0.29) is 11.4 Å². The lowest BCUT2D eigenvalue weighted by Crippen LogP contribution is -2.59. The van der Waals surface area contributed by atoms with Crippen LogP contribution < -0.4 is 10.1 Å². The van der Waals surface area contributed by atoms with Crippen molar-refractivity contribution in [2.24, 2.45) is 17.8 Å². The zero-order chi connectivity index (χ0) is 19.4. The first-order valence-electron chi connectivity index (χ1n) is 10.7. The topological polar surface area (TPSA) is 55.6 Å². The molecule has 4 bridgehead atoms. The zero-order valence-electron chi connectivity index (χ0n) is 16.4. The summed E-state index contributed by atoms with van der Waals surface area (Å²) in [4.78, 5) is 18.0. The van der Waals surface area contributed by atoms with Gasteiger partial charge in [0.05, 0.1) is 5.52 Å². The van der Waals surface area contributed by atoms with Gasteiger partial charge >= 0.3 is 6.01 Å². The first-order valence-corrected chi connectivity index (χ1v) is 10.7. The van der Waals surface area contributed by atoms with E-state index in [0.717, 1.165) is 42.5 Å². The third kappa shape index (κ3) is 2.91. The van der Waals surface area contributed by atoms with Crippen LogP contribution in [0.15, 0.2) is 54.7 Å². The molecule has 3 aromatic rings. The van der Waals surface area contributed by atoms with Gasteiger partial charge in [-0.1, -0.05) is 24.3 Å². The molecule has 0 saturated heterocycles. The number of hydrogen-bond donors (Lipinski definition) is 1. The standard InChI is InChI=1S/C24H25N3O2/c28-22(26-24-13-16-10-17(14-24)12-18(11-16)15-24)21-20-8-4-5-9-27(20)23(25-21)29-19-6-2-1-3-7-19/h1-9,16-18H,10-15H2,(H,26,28). The maximum Gasteiger partial charge on any atom is 0.307 e. The van der Waals surface area contributed by atoms with Gasteiger partial charge in [-0.3, -0.25) is 9.20 Å². The second-order valence-corrected chi connectivity index (χ2v) is 9.27. The maximum atomic E-state index is 13.4. The Balaban J connectivity index is 1.32. The number of imidazole rings is 1. The predicted molar refractivity (Wildman–Crippen MR) is 110 cm³/mol. The third-order valence-corrected chi connectivity index (χ3v) is 7.10. The number of nitrogens with zero attached hydrogens (tertiary/aromatic N) is 2. The fraction of sp³-hybridized carbons (Fsp3) is 0.417. The molecule has 7 rings (SSSR count). The van der Waals surface area contributed by atoms with Crippen LogP contribution in [-0.2, 0) is 0 Å². The van der Waals surface area contributed by atoms with Gasteiger partial charge in [0.1, 0.15) is 5.75 Å². The average Bonchev–Trinajstić information content (AvgIpc) is 3.06. The Kier molecular flexibility index (Phi) is 3.73. The number of hydrogen-bond acceptors (Lipinski definition) is 3. The molecule has 1 amide bonds. The van der Waals surface area contributed by atoms with Gasteiger partial charge in [0.2, 0.25) is 0 Å². The highest BCUT2D eigenvalue weighted by molar-refractivity contribution is 5.99. The van der Waals surface area contributed by atoms with Gasteiger partial charge in [-0.2, -0.15) is 4.98 Å². The minimum absolute atomic E-state index is 0.0307. The number of carbonyl (C=O) groups excluding carboxylic acids is 1. The van der Waals surface area contributed by atoms with Crippen molar-refractivity contribution in [3.05, 3.63) is 60.4 Å². The Morgan fingerprint density at radius 1 is 0.966 bits per heavy atom. The van der Waals surface area contributed by atoms with E-state index in [1.807, 2.05) is 59.1 Å². The molecule has 4 aliphatic carbocycles. The molecule has 0 unspecified atom stereocenters. The van der Waals surface area contributed by atoms with Crippen molar-refractivity contribution in [1.29, 1.82) is 0 Å². The predicted octanol–water partition coefficient (Wildman–Crippen LogP) is 4.83. The molecule has 29 heavy (non-hydrogen) atoms. The molecule has 5 nitrogen and oxygen atoms in total. The Labute approximate surface area is 170 Å². The smallest absolute Gasteiger partial charge is 0.307 e. The SMILES string of the molecule is O=C(NC12CC3CC(CC(C3)C1)C2)c1nc(Oc2ccccc2)n2ccccc12. The molecule has 1 N–H and O–H groups in total. The average molecular weight is 387 g/mol. The van der Waals surface area contributed by atoms with Crippen LogP contribution in [-0.4, -0.2) is 20.8 Å². The summed E-state index contributed by atoms with van der Waals surface area (Å²) in [5.41, 5.74) is 1.20. The van der Waals surface area contributed by atoms with Gasteiger partial charge in [-0.05, 0) is 80.5 Å². The quantitative estimate of drug-likeness (QED) is 0.698. The molecule has 0 radical (unpaired) electrons. The molecule has 4 saturated carbocycles. The van der Waals surface area contributed by atoms with Crippen molar-refractivity contribution in [1.82, 2.24) is 14.7 Å². The molecule has 5 heteroatoms. The first kappa shape index (κ1) is 17.1. The van der Waals surface area contributed by atoms with Crippen LogP contribution in [0.25, 0.3) is 5.52 Å². The van der Waals surface area contributed by atoms with Crippen LogP contribution >= 0.6 is 0 Å². The van der Waals surface area contributed by atoms with Crippen molar-refractivity contribution in [3.63, 3.8) is 0 Å². The van der Waals surface area contributed by atoms with E-state index in [2.05, 4.69) is 10.3 Å². The Morgan fingerprint density at radius 3 is 2.31 bits per heavy atom. The summed E-state index contributed by atoms with van der Waals surface area (Å²) < 4.78 is 7.84. The minimum Gasteiger partial charge on any atom is -0.425 e. The van der Waals surface area contributed by atoms with Crippen molar-refractivity contribution in [2.75, 3.05) is 0 Å². The molecular formula is C24H25N3O2. The van der Waals surface area contributed by atoms with E-state index in [4.69, 9.17) is 4.74 Å². The molecule has 148 valence electrons. The number of para-hydroxylation sites is 1. The van der Waals surface area contributed by atoms with Gasteiger partial charge < -0.3 is 10.1 Å².